The van der Waals surface area contributed by atoms with E-state index < -0.39 is 24.1 Å². The van der Waals surface area contributed by atoms with Crippen LogP contribution in [0, 0.1) is 5.92 Å². The molecular weight excluding hydrogens is 300 g/mol. The molecule has 8 nitrogen and oxygen atoms in total. The van der Waals surface area contributed by atoms with Crippen molar-refractivity contribution in [3.05, 3.63) is 18.2 Å². The van der Waals surface area contributed by atoms with Crippen molar-refractivity contribution in [2.75, 3.05) is 10.6 Å². The molecule has 4 amide bonds. The number of carbonyl (C=O) groups is 3. The average molecular weight is 320 g/mol. The van der Waals surface area contributed by atoms with Crippen molar-refractivity contribution in [3.63, 3.8) is 0 Å². The van der Waals surface area contributed by atoms with E-state index in [9.17, 15) is 14.4 Å². The Bertz CT molecular complexity index is 644. The summed E-state index contributed by atoms with van der Waals surface area (Å²) in [6.45, 7) is 5.24. The first-order chi connectivity index (χ1) is 10.8. The van der Waals surface area contributed by atoms with Gasteiger partial charge in [-0.2, -0.15) is 0 Å². The van der Waals surface area contributed by atoms with Crippen LogP contribution in [0.15, 0.2) is 18.2 Å². The van der Waals surface area contributed by atoms with E-state index in [0.29, 0.717) is 17.1 Å². The number of nitrogens with one attached hydrogen (secondary N) is 3. The van der Waals surface area contributed by atoms with Crippen LogP contribution in [0.2, 0.25) is 0 Å². The summed E-state index contributed by atoms with van der Waals surface area (Å²) in [5.74, 6) is -0.249. The second kappa shape index (κ2) is 6.55. The van der Waals surface area contributed by atoms with Crippen molar-refractivity contribution >= 4 is 29.2 Å². The van der Waals surface area contributed by atoms with Gasteiger partial charge in [-0.3, -0.25) is 9.59 Å². The first-order valence-corrected chi connectivity index (χ1v) is 7.26. The van der Waals surface area contributed by atoms with Gasteiger partial charge in [0.05, 0.1) is 5.69 Å². The predicted molar refractivity (Wildman–Crippen MR) is 85.1 cm³/mol. The summed E-state index contributed by atoms with van der Waals surface area (Å²) in [5, 5.41) is 7.80. The molecule has 1 aliphatic rings. The van der Waals surface area contributed by atoms with E-state index in [1.165, 1.54) is 0 Å². The topological polar surface area (TPSA) is 123 Å². The summed E-state index contributed by atoms with van der Waals surface area (Å²) in [6, 6.07) is 3.39. The highest BCUT2D eigenvalue weighted by atomic mass is 16.5. The van der Waals surface area contributed by atoms with Gasteiger partial charge in [-0.05, 0) is 31.0 Å². The van der Waals surface area contributed by atoms with Crippen LogP contribution in [-0.4, -0.2) is 30.0 Å². The number of urea groups is 1. The summed E-state index contributed by atoms with van der Waals surface area (Å²) < 4.78 is 5.44. The fraction of sp³-hybridized carbons (Fsp3) is 0.400. The number of ether oxygens (including phenoxy) is 1. The molecule has 0 radical (unpaired) electrons. The standard InChI is InChI=1S/C15H20N4O4/c1-7(2)12(19-15(16)22)14(21)17-9-4-5-11-10(6-9)18-13(20)8(3)23-11/h4-8,12H,1-3H3,(H,17,21)(H,18,20)(H3,16,19,22)/t8-,12-/m0/s1. The van der Waals surface area contributed by atoms with E-state index in [2.05, 4.69) is 16.0 Å². The average Bonchev–Trinajstić information content (AvgIpc) is 2.45. The molecule has 2 rings (SSSR count). The maximum atomic E-state index is 12.3. The lowest BCUT2D eigenvalue weighted by Crippen LogP contribution is -2.49. The first kappa shape index (κ1) is 16.6. The minimum absolute atomic E-state index is 0.135. The number of rotatable bonds is 4. The summed E-state index contributed by atoms with van der Waals surface area (Å²) in [7, 11) is 0. The zero-order valence-corrected chi connectivity index (χ0v) is 13.2. The second-order valence-electron chi connectivity index (χ2n) is 5.68. The molecule has 0 unspecified atom stereocenters. The van der Waals surface area contributed by atoms with Gasteiger partial charge in [-0.25, -0.2) is 4.79 Å². The number of anilines is 2. The third-order valence-electron chi connectivity index (χ3n) is 3.42. The molecule has 0 aliphatic carbocycles. The highest BCUT2D eigenvalue weighted by Gasteiger charge is 2.26. The van der Waals surface area contributed by atoms with E-state index in [1.54, 1.807) is 39.0 Å². The fourth-order valence-corrected chi connectivity index (χ4v) is 2.19. The zero-order valence-electron chi connectivity index (χ0n) is 13.2. The van der Waals surface area contributed by atoms with Crippen molar-refractivity contribution in [2.45, 2.75) is 32.9 Å². The quantitative estimate of drug-likeness (QED) is 0.662. The normalized spacial score (nSPS) is 17.6. The summed E-state index contributed by atoms with van der Waals surface area (Å²) >= 11 is 0. The highest BCUT2D eigenvalue weighted by molar-refractivity contribution is 6.00. The van der Waals surface area contributed by atoms with Crippen LogP contribution in [0.3, 0.4) is 0 Å². The maximum Gasteiger partial charge on any atom is 0.312 e. The third kappa shape index (κ3) is 3.91. The number of fused-ring (bicyclic) bond motifs is 1. The van der Waals surface area contributed by atoms with Crippen LogP contribution in [0.1, 0.15) is 20.8 Å². The van der Waals surface area contributed by atoms with Gasteiger partial charge in [0.25, 0.3) is 5.91 Å². The van der Waals surface area contributed by atoms with Gasteiger partial charge >= 0.3 is 6.03 Å². The van der Waals surface area contributed by atoms with Crippen molar-refractivity contribution in [2.24, 2.45) is 11.7 Å². The molecule has 8 heteroatoms. The molecule has 23 heavy (non-hydrogen) atoms. The van der Waals surface area contributed by atoms with Gasteiger partial charge in [0.2, 0.25) is 5.91 Å². The summed E-state index contributed by atoms with van der Waals surface area (Å²) in [5.41, 5.74) is 6.05. The number of carbonyl (C=O) groups excluding carboxylic acids is 3. The number of benzene rings is 1. The van der Waals surface area contributed by atoms with E-state index >= 15 is 0 Å². The SMILES string of the molecule is CC(C)[C@H](NC(N)=O)C(=O)Nc1ccc2c(c1)NC(=O)[C@H](C)O2. The van der Waals surface area contributed by atoms with Crippen molar-refractivity contribution in [1.82, 2.24) is 5.32 Å². The number of primary amides is 1. The number of hydrogen-bond acceptors (Lipinski definition) is 4. The monoisotopic (exact) mass is 320 g/mol. The molecule has 1 heterocycles. The number of nitrogens with two attached hydrogens (primary N) is 1. The predicted octanol–water partition coefficient (Wildman–Crippen LogP) is 1.04. The molecule has 124 valence electrons. The number of hydrogen-bond donors (Lipinski definition) is 4. The van der Waals surface area contributed by atoms with Crippen LogP contribution in [0.4, 0.5) is 16.2 Å². The van der Waals surface area contributed by atoms with Gasteiger partial charge in [-0.1, -0.05) is 13.8 Å². The lowest BCUT2D eigenvalue weighted by atomic mass is 10.0. The van der Waals surface area contributed by atoms with Crippen molar-refractivity contribution in [3.8, 4) is 5.75 Å². The second-order valence-corrected chi connectivity index (χ2v) is 5.68. The summed E-state index contributed by atoms with van der Waals surface area (Å²) in [6.07, 6.45) is -0.562. The minimum atomic E-state index is -0.765. The molecule has 0 bridgehead atoms. The Balaban J connectivity index is 2.14. The molecule has 0 spiro atoms. The Hall–Kier alpha value is -2.77. The van der Waals surface area contributed by atoms with E-state index in [1.807, 2.05) is 0 Å². The van der Waals surface area contributed by atoms with Crippen molar-refractivity contribution < 1.29 is 19.1 Å². The Labute approximate surface area is 133 Å². The smallest absolute Gasteiger partial charge is 0.312 e. The number of amides is 4. The lowest BCUT2D eigenvalue weighted by molar-refractivity contribution is -0.122. The Kier molecular flexibility index (Phi) is 4.73. The fourth-order valence-electron chi connectivity index (χ4n) is 2.19. The molecule has 5 N–H and O–H groups in total. The third-order valence-corrected chi connectivity index (χ3v) is 3.42. The Morgan fingerprint density at radius 1 is 1.35 bits per heavy atom. The zero-order chi connectivity index (χ0) is 17.1. The molecule has 0 aromatic heterocycles. The largest absolute Gasteiger partial charge is 0.479 e. The van der Waals surface area contributed by atoms with Gasteiger partial charge in [0.15, 0.2) is 6.10 Å². The first-order valence-electron chi connectivity index (χ1n) is 7.26. The molecule has 0 fully saturated rings. The van der Waals surface area contributed by atoms with Crippen molar-refractivity contribution in [1.29, 1.82) is 0 Å². The van der Waals surface area contributed by atoms with Crippen LogP contribution < -0.4 is 26.4 Å². The van der Waals surface area contributed by atoms with Gasteiger partial charge in [-0.15, -0.1) is 0 Å². The lowest BCUT2D eigenvalue weighted by Gasteiger charge is -2.24. The van der Waals surface area contributed by atoms with Crippen LogP contribution in [0.5, 0.6) is 5.75 Å². The molecular formula is C15H20N4O4. The van der Waals surface area contributed by atoms with Gasteiger partial charge < -0.3 is 26.4 Å². The minimum Gasteiger partial charge on any atom is -0.479 e. The molecule has 0 saturated carbocycles. The Morgan fingerprint density at radius 3 is 2.65 bits per heavy atom. The van der Waals surface area contributed by atoms with Gasteiger partial charge in [0.1, 0.15) is 11.8 Å². The van der Waals surface area contributed by atoms with Gasteiger partial charge in [0, 0.05) is 5.69 Å². The molecule has 1 aliphatic heterocycles. The van der Waals surface area contributed by atoms with E-state index in [-0.39, 0.29) is 11.8 Å². The Morgan fingerprint density at radius 2 is 2.04 bits per heavy atom. The maximum absolute atomic E-state index is 12.3. The van der Waals surface area contributed by atoms with Crippen LogP contribution in [0.25, 0.3) is 0 Å². The van der Waals surface area contributed by atoms with Crippen LogP contribution >= 0.6 is 0 Å². The van der Waals surface area contributed by atoms with E-state index in [4.69, 9.17) is 10.5 Å². The molecule has 2 atom stereocenters. The van der Waals surface area contributed by atoms with Crippen LogP contribution in [-0.2, 0) is 9.59 Å². The molecule has 1 aromatic rings. The molecule has 1 aromatic carbocycles. The summed E-state index contributed by atoms with van der Waals surface area (Å²) in [4.78, 5) is 34.9. The van der Waals surface area contributed by atoms with E-state index in [0.717, 1.165) is 0 Å². The molecule has 0 saturated heterocycles. The highest BCUT2D eigenvalue weighted by Crippen LogP contribution is 2.32.